The zero-order valence-electron chi connectivity index (χ0n) is 20.2. The van der Waals surface area contributed by atoms with Crippen LogP contribution in [-0.4, -0.2) is 46.9 Å². The zero-order chi connectivity index (χ0) is 26.8. The summed E-state index contributed by atoms with van der Waals surface area (Å²) in [4.78, 5) is 14.7. The number of nitrogens with zero attached hydrogens (tertiary/aromatic N) is 2. The summed E-state index contributed by atoms with van der Waals surface area (Å²) in [5.74, 6) is -2.16. The molecule has 1 saturated heterocycles. The molecule has 36 heavy (non-hydrogen) atoms. The second-order valence-corrected chi connectivity index (χ2v) is 11.1. The summed E-state index contributed by atoms with van der Waals surface area (Å²) in [7, 11) is 0. The largest absolute Gasteiger partial charge is 0.394 e. The van der Waals surface area contributed by atoms with Crippen LogP contribution in [0.15, 0.2) is 36.4 Å². The molecule has 0 bridgehead atoms. The first-order valence-electron chi connectivity index (χ1n) is 11.5. The zero-order valence-corrected chi connectivity index (χ0v) is 21.7. The molecule has 3 N–H and O–H groups in total. The normalized spacial score (nSPS) is 22.8. The van der Waals surface area contributed by atoms with Crippen molar-refractivity contribution in [1.82, 2.24) is 10.2 Å². The van der Waals surface area contributed by atoms with Crippen LogP contribution in [0.2, 0.25) is 10.0 Å². The van der Waals surface area contributed by atoms with Crippen LogP contribution in [0.25, 0.3) is 0 Å². The Bertz CT molecular complexity index is 1170. The molecule has 1 aliphatic heterocycles. The summed E-state index contributed by atoms with van der Waals surface area (Å²) in [6, 6.07) is 8.56. The highest BCUT2D eigenvalue weighted by Gasteiger charge is 2.60. The van der Waals surface area contributed by atoms with Gasteiger partial charge in [0.1, 0.15) is 17.0 Å². The first-order chi connectivity index (χ1) is 16.9. The Kier molecular flexibility index (Phi) is 8.51. The topological polar surface area (TPSA) is 96.6 Å². The van der Waals surface area contributed by atoms with Crippen molar-refractivity contribution in [3.63, 3.8) is 0 Å². The van der Waals surface area contributed by atoms with Crippen LogP contribution < -0.4 is 5.32 Å². The van der Waals surface area contributed by atoms with Gasteiger partial charge in [0.25, 0.3) is 0 Å². The van der Waals surface area contributed by atoms with Crippen LogP contribution in [0.1, 0.15) is 44.4 Å². The van der Waals surface area contributed by atoms with Crippen LogP contribution in [0, 0.1) is 34.3 Å². The average Bonchev–Trinajstić information content (AvgIpc) is 3.11. The number of halogens is 4. The van der Waals surface area contributed by atoms with Crippen LogP contribution in [-0.2, 0) is 5.41 Å². The van der Waals surface area contributed by atoms with E-state index in [0.717, 1.165) is 6.07 Å². The Morgan fingerprint density at radius 2 is 2.00 bits per heavy atom. The van der Waals surface area contributed by atoms with E-state index in [9.17, 15) is 15.2 Å². The maximum absolute atomic E-state index is 15.5. The molecule has 0 saturated carbocycles. The number of carbonyl (C=O) groups excluding carboxylic acids is 1. The molecule has 1 aliphatic rings. The van der Waals surface area contributed by atoms with E-state index < -0.39 is 47.8 Å². The van der Waals surface area contributed by atoms with E-state index in [1.54, 1.807) is 0 Å². The fourth-order valence-electron chi connectivity index (χ4n) is 5.04. The number of amides is 2. The summed E-state index contributed by atoms with van der Waals surface area (Å²) >= 11 is 12.1. The highest BCUT2D eigenvalue weighted by molar-refractivity contribution is 6.31. The van der Waals surface area contributed by atoms with E-state index in [1.807, 2.05) is 20.8 Å². The van der Waals surface area contributed by atoms with Gasteiger partial charge in [-0.15, -0.1) is 0 Å². The number of aliphatic hydroxyl groups is 2. The van der Waals surface area contributed by atoms with E-state index >= 15 is 8.78 Å². The molecule has 6 nitrogen and oxygen atoms in total. The molecular weight excluding hydrogens is 511 g/mol. The lowest BCUT2D eigenvalue weighted by Crippen LogP contribution is -2.46. The molecule has 2 amide bonds. The van der Waals surface area contributed by atoms with E-state index in [4.69, 9.17) is 28.3 Å². The Morgan fingerprint density at radius 3 is 2.58 bits per heavy atom. The minimum Gasteiger partial charge on any atom is -0.394 e. The molecule has 1 fully saturated rings. The molecule has 0 spiro atoms. The maximum atomic E-state index is 15.5. The summed E-state index contributed by atoms with van der Waals surface area (Å²) in [6.45, 7) is 5.05. The van der Waals surface area contributed by atoms with Gasteiger partial charge in [-0.3, -0.25) is 0 Å². The van der Waals surface area contributed by atoms with Crippen molar-refractivity contribution in [1.29, 1.82) is 5.26 Å². The summed E-state index contributed by atoms with van der Waals surface area (Å²) in [6.07, 6.45) is -0.803. The highest BCUT2D eigenvalue weighted by Crippen LogP contribution is 2.56. The van der Waals surface area contributed by atoms with Gasteiger partial charge in [-0.1, -0.05) is 62.2 Å². The fourth-order valence-corrected chi connectivity index (χ4v) is 5.38. The van der Waals surface area contributed by atoms with Gasteiger partial charge in [0.05, 0.1) is 29.8 Å². The molecule has 194 valence electrons. The van der Waals surface area contributed by atoms with Gasteiger partial charge in [0, 0.05) is 35.2 Å². The van der Waals surface area contributed by atoms with Gasteiger partial charge in [0.2, 0.25) is 0 Å². The van der Waals surface area contributed by atoms with E-state index in [2.05, 4.69) is 11.4 Å². The molecule has 0 aromatic heterocycles. The monoisotopic (exact) mass is 539 g/mol. The van der Waals surface area contributed by atoms with Crippen molar-refractivity contribution in [3.8, 4) is 6.07 Å². The Balaban J connectivity index is 2.29. The van der Waals surface area contributed by atoms with Crippen LogP contribution in [0.3, 0.4) is 0 Å². The number of benzene rings is 2. The smallest absolute Gasteiger partial charge is 0.318 e. The Labute approximate surface area is 219 Å². The fraction of sp³-hybridized carbons (Fsp3) is 0.462. The number of aliphatic hydroxyl groups excluding tert-OH is 2. The first-order valence-corrected chi connectivity index (χ1v) is 12.3. The van der Waals surface area contributed by atoms with Gasteiger partial charge >= 0.3 is 6.03 Å². The molecule has 1 heterocycles. The average molecular weight is 540 g/mol. The standard InChI is InChI=1S/C26H29Cl2F2N3O3/c1-25(2,3)10-15-12-33(24(36)32-11-17(35)13-34)23(18-5-4-6-20(28)22(18)30)26(15,14-31)19-8-7-16(27)9-21(19)29/h4-9,15,17,23,34-35H,10-13H2,1-3H3,(H,32,36)/t15-,17+,23-,26-/m1/s1. The molecule has 3 rings (SSSR count). The van der Waals surface area contributed by atoms with Crippen molar-refractivity contribution in [2.24, 2.45) is 11.3 Å². The third kappa shape index (κ3) is 5.45. The second kappa shape index (κ2) is 10.9. The van der Waals surface area contributed by atoms with Gasteiger partial charge in [-0.2, -0.15) is 5.26 Å². The lowest BCUT2D eigenvalue weighted by atomic mass is 9.63. The molecule has 4 atom stereocenters. The predicted octanol–water partition coefficient (Wildman–Crippen LogP) is 5.21. The second-order valence-electron chi connectivity index (χ2n) is 10.3. The van der Waals surface area contributed by atoms with Gasteiger partial charge in [0.15, 0.2) is 0 Å². The SMILES string of the molecule is CC(C)(C)C[C@@H]1CN(C(=O)NC[C@H](O)CO)[C@H](c2cccc(Cl)c2F)[C@@]1(C#N)c1ccc(Cl)cc1F. The Hall–Kier alpha value is -2.44. The third-order valence-electron chi connectivity index (χ3n) is 6.46. The molecule has 2 aromatic rings. The Morgan fingerprint density at radius 1 is 1.31 bits per heavy atom. The van der Waals surface area contributed by atoms with Crippen molar-refractivity contribution in [2.45, 2.75) is 44.8 Å². The number of urea groups is 1. The third-order valence-corrected chi connectivity index (χ3v) is 6.99. The van der Waals surface area contributed by atoms with Gasteiger partial charge in [-0.25, -0.2) is 13.6 Å². The minimum absolute atomic E-state index is 0.00119. The van der Waals surface area contributed by atoms with Crippen molar-refractivity contribution < 1.29 is 23.8 Å². The predicted molar refractivity (Wildman–Crippen MR) is 134 cm³/mol. The highest BCUT2D eigenvalue weighted by atomic mass is 35.5. The maximum Gasteiger partial charge on any atom is 0.318 e. The van der Waals surface area contributed by atoms with Crippen LogP contribution in [0.4, 0.5) is 13.6 Å². The quantitative estimate of drug-likeness (QED) is 0.469. The number of nitrogens with one attached hydrogen (secondary N) is 1. The van der Waals surface area contributed by atoms with Crippen molar-refractivity contribution >= 4 is 29.2 Å². The van der Waals surface area contributed by atoms with E-state index in [1.165, 1.54) is 35.2 Å². The lowest BCUT2D eigenvalue weighted by Gasteiger charge is -2.38. The molecule has 2 aromatic carbocycles. The first kappa shape index (κ1) is 28.1. The molecular formula is C26H29Cl2F2N3O3. The summed E-state index contributed by atoms with van der Waals surface area (Å²) in [5.41, 5.74) is -2.06. The van der Waals surface area contributed by atoms with Crippen LogP contribution >= 0.6 is 23.2 Å². The lowest BCUT2D eigenvalue weighted by molar-refractivity contribution is 0.0933. The number of carbonyl (C=O) groups is 1. The number of rotatable bonds is 6. The number of likely N-dealkylation sites (tertiary alicyclic amines) is 1. The molecule has 0 aliphatic carbocycles. The van der Waals surface area contributed by atoms with Crippen LogP contribution in [0.5, 0.6) is 0 Å². The summed E-state index contributed by atoms with van der Waals surface area (Å²) in [5, 5.41) is 32.1. The summed E-state index contributed by atoms with van der Waals surface area (Å²) < 4.78 is 31.0. The van der Waals surface area contributed by atoms with E-state index in [-0.39, 0.29) is 39.7 Å². The van der Waals surface area contributed by atoms with Crippen molar-refractivity contribution in [2.75, 3.05) is 19.7 Å². The van der Waals surface area contributed by atoms with Crippen molar-refractivity contribution in [3.05, 3.63) is 69.2 Å². The van der Waals surface area contributed by atoms with Gasteiger partial charge < -0.3 is 20.4 Å². The minimum atomic E-state index is -1.69. The van der Waals surface area contributed by atoms with Gasteiger partial charge in [-0.05, 0) is 30.0 Å². The number of hydrogen-bond donors (Lipinski definition) is 3. The molecule has 10 heteroatoms. The number of nitriles is 1. The molecule has 0 radical (unpaired) electrons. The van der Waals surface area contributed by atoms with E-state index in [0.29, 0.717) is 6.42 Å². The number of hydrogen-bond acceptors (Lipinski definition) is 4. The molecule has 0 unspecified atom stereocenters.